The van der Waals surface area contributed by atoms with E-state index in [2.05, 4.69) is 38.9 Å². The highest BCUT2D eigenvalue weighted by atomic mass is 15.2. The minimum atomic E-state index is 0.892. The van der Waals surface area contributed by atoms with E-state index in [0.717, 1.165) is 29.0 Å². The van der Waals surface area contributed by atoms with E-state index in [4.69, 9.17) is 0 Å². The molecule has 0 fully saturated rings. The van der Waals surface area contributed by atoms with E-state index >= 15 is 0 Å². The number of pyridine rings is 2. The Morgan fingerprint density at radius 2 is 2.10 bits per heavy atom. The van der Waals surface area contributed by atoms with Crippen LogP contribution in [0.15, 0.2) is 37.1 Å². The number of hydrogen-bond donors (Lipinski definition) is 0. The highest BCUT2D eigenvalue weighted by Crippen LogP contribution is 2.26. The summed E-state index contributed by atoms with van der Waals surface area (Å²) in [6.45, 7) is 2.14. The average molecular weight is 267 g/mol. The predicted molar refractivity (Wildman–Crippen MR) is 80.2 cm³/mol. The lowest BCUT2D eigenvalue weighted by molar-refractivity contribution is 0.946. The molecule has 5 heteroatoms. The number of hydrogen-bond acceptors (Lipinski definition) is 4. The molecule has 0 atom stereocenters. The number of rotatable bonds is 3. The lowest BCUT2D eigenvalue weighted by atomic mass is 10.1. The van der Waals surface area contributed by atoms with Gasteiger partial charge in [0.2, 0.25) is 0 Å². The molecule has 0 spiro atoms. The maximum absolute atomic E-state index is 4.49. The van der Waals surface area contributed by atoms with Crippen molar-refractivity contribution in [1.29, 1.82) is 0 Å². The molecule has 0 aliphatic rings. The second kappa shape index (κ2) is 4.92. The minimum absolute atomic E-state index is 0.892. The zero-order chi connectivity index (χ0) is 14.1. The van der Waals surface area contributed by atoms with Crippen molar-refractivity contribution < 1.29 is 0 Å². The molecule has 3 aromatic rings. The molecule has 0 unspecified atom stereocenters. The van der Waals surface area contributed by atoms with Crippen molar-refractivity contribution >= 4 is 22.5 Å². The first-order valence-electron chi connectivity index (χ1n) is 6.64. The summed E-state index contributed by atoms with van der Waals surface area (Å²) in [5, 5.41) is 0. The number of aryl methyl sites for hydroxylation is 2. The minimum Gasteiger partial charge on any atom is -0.334 e. The molecule has 0 N–H and O–H groups in total. The zero-order valence-corrected chi connectivity index (χ0v) is 11.9. The van der Waals surface area contributed by atoms with Gasteiger partial charge in [-0.05, 0) is 18.1 Å². The van der Waals surface area contributed by atoms with Crippen molar-refractivity contribution in [2.45, 2.75) is 13.3 Å². The summed E-state index contributed by atoms with van der Waals surface area (Å²) in [6.07, 6.45) is 8.29. The first-order chi connectivity index (χ1) is 9.70. The Morgan fingerprint density at radius 3 is 2.90 bits per heavy atom. The topological polar surface area (TPSA) is 46.8 Å². The lowest BCUT2D eigenvalue weighted by Crippen LogP contribution is -2.13. The van der Waals surface area contributed by atoms with Gasteiger partial charge < -0.3 is 9.47 Å². The molecule has 0 bridgehead atoms. The van der Waals surface area contributed by atoms with Crippen LogP contribution in [0.1, 0.15) is 12.5 Å². The monoisotopic (exact) mass is 267 g/mol. The summed E-state index contributed by atoms with van der Waals surface area (Å²) in [4.78, 5) is 15.1. The fraction of sp³-hybridized carbons (Fsp3) is 0.267. The third-order valence-corrected chi connectivity index (χ3v) is 3.57. The molecular weight excluding hydrogens is 250 g/mol. The number of fused-ring (bicyclic) bond motifs is 1. The molecule has 5 nitrogen and oxygen atoms in total. The summed E-state index contributed by atoms with van der Waals surface area (Å²) >= 11 is 0. The van der Waals surface area contributed by atoms with E-state index < -0.39 is 0 Å². The van der Waals surface area contributed by atoms with Gasteiger partial charge in [0.25, 0.3) is 0 Å². The van der Waals surface area contributed by atoms with E-state index in [1.54, 1.807) is 6.33 Å². The van der Waals surface area contributed by atoms with Crippen LogP contribution < -0.4 is 4.90 Å². The van der Waals surface area contributed by atoms with Crippen LogP contribution >= 0.6 is 0 Å². The maximum atomic E-state index is 4.49. The summed E-state index contributed by atoms with van der Waals surface area (Å²) < 4.78 is 2.00. The highest BCUT2D eigenvalue weighted by Gasteiger charge is 2.11. The molecule has 0 aliphatic carbocycles. The maximum Gasteiger partial charge on any atom is 0.134 e. The van der Waals surface area contributed by atoms with Gasteiger partial charge in [-0.3, -0.25) is 4.98 Å². The van der Waals surface area contributed by atoms with Gasteiger partial charge in [-0.1, -0.05) is 6.92 Å². The van der Waals surface area contributed by atoms with E-state index in [-0.39, 0.29) is 0 Å². The molecule has 0 radical (unpaired) electrons. The van der Waals surface area contributed by atoms with Gasteiger partial charge in [0.05, 0.1) is 29.9 Å². The van der Waals surface area contributed by atoms with Gasteiger partial charge in [-0.2, -0.15) is 0 Å². The van der Waals surface area contributed by atoms with Gasteiger partial charge in [0.1, 0.15) is 11.3 Å². The Kier molecular flexibility index (Phi) is 3.10. The Labute approximate surface area is 117 Å². The second-order valence-corrected chi connectivity index (χ2v) is 4.80. The number of anilines is 2. The third-order valence-electron chi connectivity index (χ3n) is 3.57. The van der Waals surface area contributed by atoms with Crippen molar-refractivity contribution in [3.05, 3.63) is 42.6 Å². The van der Waals surface area contributed by atoms with Crippen molar-refractivity contribution in [3.8, 4) is 0 Å². The molecule has 3 rings (SSSR count). The molecule has 0 saturated heterocycles. The van der Waals surface area contributed by atoms with Crippen molar-refractivity contribution in [1.82, 2.24) is 19.5 Å². The van der Waals surface area contributed by atoms with Crippen LogP contribution in [0.4, 0.5) is 11.5 Å². The van der Waals surface area contributed by atoms with Crippen LogP contribution in [0.2, 0.25) is 0 Å². The SMILES string of the molecule is CCc1ccncc1N(C)c1cc2c(cn1)ncn2C. The molecule has 0 aromatic carbocycles. The van der Waals surface area contributed by atoms with Crippen LogP contribution in [0, 0.1) is 0 Å². The predicted octanol–water partition coefficient (Wildman–Crippen LogP) is 2.69. The van der Waals surface area contributed by atoms with Gasteiger partial charge in [-0.15, -0.1) is 0 Å². The van der Waals surface area contributed by atoms with E-state index in [0.29, 0.717) is 0 Å². The molecule has 3 heterocycles. The molecule has 0 aliphatic heterocycles. The summed E-state index contributed by atoms with van der Waals surface area (Å²) in [7, 11) is 4.00. The Morgan fingerprint density at radius 1 is 1.25 bits per heavy atom. The van der Waals surface area contributed by atoms with E-state index in [1.165, 1.54) is 5.56 Å². The molecule has 102 valence electrons. The molecule has 0 saturated carbocycles. The highest BCUT2D eigenvalue weighted by molar-refractivity contribution is 5.79. The number of imidazole rings is 1. The zero-order valence-electron chi connectivity index (χ0n) is 11.9. The quantitative estimate of drug-likeness (QED) is 0.732. The first-order valence-corrected chi connectivity index (χ1v) is 6.64. The Bertz CT molecular complexity index is 747. The van der Waals surface area contributed by atoms with Gasteiger partial charge >= 0.3 is 0 Å². The lowest BCUT2D eigenvalue weighted by Gasteiger charge is -2.20. The van der Waals surface area contributed by atoms with Crippen LogP contribution in [0.3, 0.4) is 0 Å². The fourth-order valence-electron chi connectivity index (χ4n) is 2.34. The van der Waals surface area contributed by atoms with E-state index in [1.807, 2.05) is 37.3 Å². The molecular formula is C15H17N5. The molecule has 3 aromatic heterocycles. The summed E-state index contributed by atoms with van der Waals surface area (Å²) in [5.74, 6) is 0.892. The van der Waals surface area contributed by atoms with Gasteiger partial charge in [-0.25, -0.2) is 9.97 Å². The summed E-state index contributed by atoms with van der Waals surface area (Å²) in [6, 6.07) is 4.10. The van der Waals surface area contributed by atoms with E-state index in [9.17, 15) is 0 Å². The average Bonchev–Trinajstić information content (AvgIpc) is 2.87. The van der Waals surface area contributed by atoms with Crippen LogP contribution in [-0.4, -0.2) is 26.6 Å². The summed E-state index contributed by atoms with van der Waals surface area (Å²) in [5.41, 5.74) is 4.33. The van der Waals surface area contributed by atoms with Gasteiger partial charge in [0.15, 0.2) is 0 Å². The number of nitrogens with zero attached hydrogens (tertiary/aromatic N) is 5. The van der Waals surface area contributed by atoms with Crippen LogP contribution in [0.5, 0.6) is 0 Å². The van der Waals surface area contributed by atoms with Gasteiger partial charge in [0, 0.05) is 26.4 Å². The molecule has 20 heavy (non-hydrogen) atoms. The Hall–Kier alpha value is -2.43. The second-order valence-electron chi connectivity index (χ2n) is 4.80. The third kappa shape index (κ3) is 2.01. The van der Waals surface area contributed by atoms with Crippen LogP contribution in [0.25, 0.3) is 11.0 Å². The smallest absolute Gasteiger partial charge is 0.134 e. The van der Waals surface area contributed by atoms with Crippen molar-refractivity contribution in [2.75, 3.05) is 11.9 Å². The normalized spacial score (nSPS) is 10.9. The Balaban J connectivity index is 2.07. The number of aromatic nitrogens is 4. The first kappa shape index (κ1) is 12.6. The van der Waals surface area contributed by atoms with Crippen LogP contribution in [-0.2, 0) is 13.5 Å². The standard InChI is InChI=1S/C15H17N5/c1-4-11-5-6-16-9-14(11)20(3)15-7-13-12(8-17-15)18-10-19(13)2/h5-10H,4H2,1-3H3. The van der Waals surface area contributed by atoms with Crippen molar-refractivity contribution in [2.24, 2.45) is 7.05 Å². The fourth-order valence-corrected chi connectivity index (χ4v) is 2.34. The molecule has 0 amide bonds. The van der Waals surface area contributed by atoms with Crippen molar-refractivity contribution in [3.63, 3.8) is 0 Å². The largest absolute Gasteiger partial charge is 0.334 e.